The highest BCUT2D eigenvalue weighted by Crippen LogP contribution is 2.21. The zero-order valence-corrected chi connectivity index (χ0v) is 13.1. The molecule has 0 aromatic carbocycles. The molecule has 1 aliphatic heterocycles. The van der Waals surface area contributed by atoms with E-state index in [4.69, 9.17) is 0 Å². The summed E-state index contributed by atoms with van der Waals surface area (Å²) in [7, 11) is 0. The fourth-order valence-corrected chi connectivity index (χ4v) is 3.13. The van der Waals surface area contributed by atoms with Gasteiger partial charge in [0.1, 0.15) is 6.54 Å². The molecule has 0 saturated carbocycles. The van der Waals surface area contributed by atoms with E-state index in [1.165, 1.54) is 6.42 Å². The van der Waals surface area contributed by atoms with E-state index < -0.39 is 0 Å². The second kappa shape index (κ2) is 6.77. The number of nitrogens with zero attached hydrogens (tertiary/aromatic N) is 5. The molecular formula is C16H23N5O. The molecule has 1 aliphatic rings. The molecule has 1 fully saturated rings. The average molecular weight is 301 g/mol. The predicted octanol–water partition coefficient (Wildman–Crippen LogP) is 1.86. The number of aryl methyl sites for hydroxylation is 2. The monoisotopic (exact) mass is 301 g/mol. The Balaban J connectivity index is 1.61. The minimum Gasteiger partial charge on any atom is -0.338 e. The number of aromatic nitrogens is 4. The molecule has 6 heteroatoms. The number of amides is 1. The Kier molecular flexibility index (Phi) is 4.56. The van der Waals surface area contributed by atoms with Gasteiger partial charge in [0.25, 0.3) is 0 Å². The second-order valence-corrected chi connectivity index (χ2v) is 5.92. The van der Waals surface area contributed by atoms with Crippen molar-refractivity contribution in [2.24, 2.45) is 0 Å². The van der Waals surface area contributed by atoms with E-state index in [1.807, 2.05) is 34.8 Å². The van der Waals surface area contributed by atoms with Crippen molar-refractivity contribution in [1.29, 1.82) is 0 Å². The van der Waals surface area contributed by atoms with Crippen LogP contribution in [-0.4, -0.2) is 43.0 Å². The van der Waals surface area contributed by atoms with Crippen LogP contribution in [-0.2, 0) is 17.9 Å². The van der Waals surface area contributed by atoms with Gasteiger partial charge in [0.05, 0.1) is 0 Å². The number of piperidine rings is 1. The van der Waals surface area contributed by atoms with Crippen LogP contribution in [0.2, 0.25) is 0 Å². The van der Waals surface area contributed by atoms with Crippen molar-refractivity contribution in [3.63, 3.8) is 0 Å². The van der Waals surface area contributed by atoms with Crippen LogP contribution in [0.5, 0.6) is 0 Å². The quantitative estimate of drug-likeness (QED) is 0.847. The van der Waals surface area contributed by atoms with Gasteiger partial charge in [-0.05, 0) is 44.7 Å². The lowest BCUT2D eigenvalue weighted by Gasteiger charge is -2.36. The summed E-state index contributed by atoms with van der Waals surface area (Å²) in [5.41, 5.74) is 1.03. The summed E-state index contributed by atoms with van der Waals surface area (Å²) in [6.07, 6.45) is 9.87. The maximum Gasteiger partial charge on any atom is 0.244 e. The van der Waals surface area contributed by atoms with E-state index in [0.29, 0.717) is 12.6 Å². The predicted molar refractivity (Wildman–Crippen MR) is 83.2 cm³/mol. The molecule has 22 heavy (non-hydrogen) atoms. The Morgan fingerprint density at radius 1 is 1.32 bits per heavy atom. The molecule has 0 radical (unpaired) electrons. The smallest absolute Gasteiger partial charge is 0.244 e. The molecule has 1 atom stereocenters. The average Bonchev–Trinajstić information content (AvgIpc) is 3.18. The molecule has 1 saturated heterocycles. The molecule has 2 aromatic rings. The van der Waals surface area contributed by atoms with Gasteiger partial charge in [0, 0.05) is 43.4 Å². The molecule has 0 N–H and O–H groups in total. The fraction of sp³-hybridized carbons (Fsp3) is 0.562. The lowest BCUT2D eigenvalue weighted by molar-refractivity contribution is -0.136. The fourth-order valence-electron chi connectivity index (χ4n) is 3.13. The van der Waals surface area contributed by atoms with E-state index in [2.05, 4.69) is 10.2 Å². The minimum absolute atomic E-state index is 0.178. The molecule has 0 unspecified atom stereocenters. The molecule has 3 rings (SSSR count). The highest BCUT2D eigenvalue weighted by molar-refractivity contribution is 5.76. The zero-order valence-electron chi connectivity index (χ0n) is 13.1. The molecule has 3 heterocycles. The van der Waals surface area contributed by atoms with Gasteiger partial charge in [-0.25, -0.2) is 0 Å². The number of likely N-dealkylation sites (tertiary alicyclic amines) is 1. The van der Waals surface area contributed by atoms with Crippen molar-refractivity contribution in [2.45, 2.75) is 51.7 Å². The van der Waals surface area contributed by atoms with E-state index in [0.717, 1.165) is 38.0 Å². The van der Waals surface area contributed by atoms with Crippen LogP contribution in [0.1, 0.15) is 31.4 Å². The third-order valence-corrected chi connectivity index (χ3v) is 4.41. The van der Waals surface area contributed by atoms with Crippen molar-refractivity contribution < 1.29 is 4.79 Å². The summed E-state index contributed by atoms with van der Waals surface area (Å²) < 4.78 is 3.72. The van der Waals surface area contributed by atoms with Crippen molar-refractivity contribution >= 4 is 5.91 Å². The first-order chi connectivity index (χ1) is 10.7. The van der Waals surface area contributed by atoms with Crippen LogP contribution in [0.4, 0.5) is 0 Å². The molecule has 1 amide bonds. The Labute approximate surface area is 130 Å². The number of carbonyl (C=O) groups excluding carboxylic acids is 1. The van der Waals surface area contributed by atoms with E-state index in [9.17, 15) is 4.79 Å². The molecular weight excluding hydrogens is 278 g/mol. The lowest BCUT2D eigenvalue weighted by atomic mass is 9.99. The number of rotatable bonds is 5. The normalized spacial score (nSPS) is 18.6. The van der Waals surface area contributed by atoms with Crippen LogP contribution >= 0.6 is 0 Å². The van der Waals surface area contributed by atoms with Gasteiger partial charge in [-0.2, -0.15) is 10.2 Å². The summed E-state index contributed by atoms with van der Waals surface area (Å²) in [5, 5.41) is 8.46. The first kappa shape index (κ1) is 14.8. The van der Waals surface area contributed by atoms with Crippen molar-refractivity contribution in [1.82, 2.24) is 24.5 Å². The summed E-state index contributed by atoms with van der Waals surface area (Å²) in [6.45, 7) is 4.05. The van der Waals surface area contributed by atoms with Crippen LogP contribution in [0.15, 0.2) is 30.7 Å². The molecule has 0 spiro atoms. The van der Waals surface area contributed by atoms with Gasteiger partial charge in [0.2, 0.25) is 5.91 Å². The number of carbonyl (C=O) groups is 1. The maximum absolute atomic E-state index is 12.6. The highest BCUT2D eigenvalue weighted by atomic mass is 16.2. The Bertz CT molecular complexity index is 604. The number of hydrogen-bond donors (Lipinski definition) is 0. The third-order valence-electron chi connectivity index (χ3n) is 4.41. The summed E-state index contributed by atoms with van der Waals surface area (Å²) in [6, 6.07) is 4.18. The SMILES string of the molecule is Cc1ccnn1CC(=O)N1CCCC[C@@H]1CCn1cccn1. The standard InChI is InChI=1S/C16H23N5O/c1-14-6-9-18-21(14)13-16(22)20-11-3-2-5-15(20)7-12-19-10-4-8-17-19/h4,6,8-10,15H,2-3,5,7,11-13H2,1H3/t15-/m1/s1. The third kappa shape index (κ3) is 3.37. The first-order valence-electron chi connectivity index (χ1n) is 7.99. The minimum atomic E-state index is 0.178. The van der Waals surface area contributed by atoms with E-state index in [1.54, 1.807) is 17.1 Å². The van der Waals surface area contributed by atoms with Crippen molar-refractivity contribution in [3.8, 4) is 0 Å². The van der Waals surface area contributed by atoms with Crippen LogP contribution < -0.4 is 0 Å². The van der Waals surface area contributed by atoms with Gasteiger partial charge in [-0.3, -0.25) is 14.2 Å². The summed E-state index contributed by atoms with van der Waals surface area (Å²) in [4.78, 5) is 14.7. The Hall–Kier alpha value is -2.11. The Morgan fingerprint density at radius 2 is 2.23 bits per heavy atom. The van der Waals surface area contributed by atoms with Crippen LogP contribution in [0, 0.1) is 6.92 Å². The number of hydrogen-bond acceptors (Lipinski definition) is 3. The second-order valence-electron chi connectivity index (χ2n) is 5.92. The van der Waals surface area contributed by atoms with Crippen molar-refractivity contribution in [2.75, 3.05) is 6.54 Å². The van der Waals surface area contributed by atoms with Crippen LogP contribution in [0.3, 0.4) is 0 Å². The first-order valence-corrected chi connectivity index (χ1v) is 7.99. The Morgan fingerprint density at radius 3 is 2.95 bits per heavy atom. The maximum atomic E-state index is 12.6. The molecule has 0 bridgehead atoms. The van der Waals surface area contributed by atoms with Crippen LogP contribution in [0.25, 0.3) is 0 Å². The highest BCUT2D eigenvalue weighted by Gasteiger charge is 2.26. The summed E-state index contributed by atoms with van der Waals surface area (Å²) >= 11 is 0. The van der Waals surface area contributed by atoms with Gasteiger partial charge < -0.3 is 4.90 Å². The van der Waals surface area contributed by atoms with Gasteiger partial charge in [0.15, 0.2) is 0 Å². The molecule has 118 valence electrons. The lowest BCUT2D eigenvalue weighted by Crippen LogP contribution is -2.45. The van der Waals surface area contributed by atoms with E-state index in [-0.39, 0.29) is 5.91 Å². The zero-order chi connectivity index (χ0) is 15.4. The molecule has 0 aliphatic carbocycles. The van der Waals surface area contributed by atoms with E-state index >= 15 is 0 Å². The van der Waals surface area contributed by atoms with Crippen molar-refractivity contribution in [3.05, 3.63) is 36.4 Å². The molecule has 2 aromatic heterocycles. The van der Waals surface area contributed by atoms with Gasteiger partial charge >= 0.3 is 0 Å². The van der Waals surface area contributed by atoms with Gasteiger partial charge in [-0.15, -0.1) is 0 Å². The van der Waals surface area contributed by atoms with Gasteiger partial charge in [-0.1, -0.05) is 0 Å². The summed E-state index contributed by atoms with van der Waals surface area (Å²) in [5.74, 6) is 0.178. The largest absolute Gasteiger partial charge is 0.338 e. The molecule has 6 nitrogen and oxygen atoms in total. The topological polar surface area (TPSA) is 56.0 Å².